The molecule has 0 amide bonds. The summed E-state index contributed by atoms with van der Waals surface area (Å²) in [6.45, 7) is 7.42. The van der Waals surface area contributed by atoms with E-state index in [0.29, 0.717) is 12.5 Å². The third-order valence-electron chi connectivity index (χ3n) is 5.13. The Bertz CT molecular complexity index is 775. The minimum Gasteiger partial charge on any atom is -0.493 e. The molecule has 1 aliphatic carbocycles. The Morgan fingerprint density at radius 1 is 1.23 bits per heavy atom. The van der Waals surface area contributed by atoms with Gasteiger partial charge in [0.25, 0.3) is 0 Å². The molecule has 3 atom stereocenters. The molecular weight excluding hydrogens is 402 g/mol. The van der Waals surface area contributed by atoms with E-state index in [1.54, 1.807) is 6.92 Å². The van der Waals surface area contributed by atoms with Crippen LogP contribution in [0.3, 0.4) is 0 Å². The fourth-order valence-electron chi connectivity index (χ4n) is 3.15. The van der Waals surface area contributed by atoms with Gasteiger partial charge in [-0.15, -0.1) is 0 Å². The molecular formula is C23H33NO7. The van der Waals surface area contributed by atoms with Gasteiger partial charge in [-0.25, -0.2) is 4.98 Å². The van der Waals surface area contributed by atoms with E-state index in [1.807, 2.05) is 6.92 Å². The molecule has 1 aromatic rings. The number of methoxy groups -OCH3 is 1. The van der Waals surface area contributed by atoms with Crippen molar-refractivity contribution in [3.8, 4) is 11.5 Å². The van der Waals surface area contributed by atoms with Crippen LogP contribution < -0.4 is 9.47 Å². The molecule has 0 radical (unpaired) electrons. The Hall–Kier alpha value is -2.48. The number of ketones is 1. The van der Waals surface area contributed by atoms with Crippen LogP contribution in [0.25, 0.3) is 0 Å². The number of nitrogens with zero attached hydrogens (tertiary/aromatic N) is 1. The second-order valence-corrected chi connectivity index (χ2v) is 8.06. The molecule has 1 fully saturated rings. The molecule has 1 saturated carbocycles. The van der Waals surface area contributed by atoms with Crippen molar-refractivity contribution in [2.24, 2.45) is 11.8 Å². The summed E-state index contributed by atoms with van der Waals surface area (Å²) in [5.41, 5.74) is -0.0566. The Morgan fingerprint density at radius 3 is 2.52 bits per heavy atom. The maximum atomic E-state index is 12.8. The molecule has 8 heteroatoms. The SMILES string of the molecule is CCC[C@@H](OCC1CC1)[C@H](C)OC(=O)[C@H](C)CC(=O)c1nccc(OC)c1OC(C)=O. The lowest BCUT2D eigenvalue weighted by Gasteiger charge is -2.25. The lowest BCUT2D eigenvalue weighted by molar-refractivity contribution is -0.161. The maximum absolute atomic E-state index is 12.8. The van der Waals surface area contributed by atoms with Gasteiger partial charge in [0.1, 0.15) is 6.10 Å². The summed E-state index contributed by atoms with van der Waals surface area (Å²) < 4.78 is 21.9. The molecule has 0 aliphatic heterocycles. The zero-order valence-corrected chi connectivity index (χ0v) is 19.0. The number of Topliss-reactive ketones (excluding diaryl/α,β-unsaturated/α-hetero) is 1. The summed E-state index contributed by atoms with van der Waals surface area (Å²) in [7, 11) is 1.40. The van der Waals surface area contributed by atoms with Crippen LogP contribution in [-0.4, -0.2) is 48.6 Å². The highest BCUT2D eigenvalue weighted by atomic mass is 16.6. The fourth-order valence-corrected chi connectivity index (χ4v) is 3.15. The van der Waals surface area contributed by atoms with Gasteiger partial charge in [0.15, 0.2) is 17.2 Å². The van der Waals surface area contributed by atoms with Crippen LogP contribution in [0.1, 0.15) is 70.3 Å². The first kappa shape index (κ1) is 24.8. The Kier molecular flexibility index (Phi) is 9.43. The molecule has 0 saturated heterocycles. The molecule has 31 heavy (non-hydrogen) atoms. The van der Waals surface area contributed by atoms with E-state index >= 15 is 0 Å². The van der Waals surface area contributed by atoms with E-state index in [9.17, 15) is 14.4 Å². The third-order valence-corrected chi connectivity index (χ3v) is 5.13. The normalized spacial score (nSPS) is 16.2. The number of hydrogen-bond donors (Lipinski definition) is 0. The van der Waals surface area contributed by atoms with Crippen LogP contribution in [0, 0.1) is 11.8 Å². The molecule has 2 rings (SSSR count). The first-order valence-corrected chi connectivity index (χ1v) is 10.8. The number of carbonyl (C=O) groups excluding carboxylic acids is 3. The van der Waals surface area contributed by atoms with Crippen molar-refractivity contribution in [2.75, 3.05) is 13.7 Å². The number of rotatable bonds is 13. The van der Waals surface area contributed by atoms with Crippen LogP contribution in [0.4, 0.5) is 0 Å². The van der Waals surface area contributed by atoms with Crippen molar-refractivity contribution < 1.29 is 33.3 Å². The van der Waals surface area contributed by atoms with Gasteiger partial charge >= 0.3 is 11.9 Å². The second kappa shape index (κ2) is 11.8. The van der Waals surface area contributed by atoms with Crippen molar-refractivity contribution in [1.82, 2.24) is 4.98 Å². The summed E-state index contributed by atoms with van der Waals surface area (Å²) >= 11 is 0. The predicted octanol–water partition coefficient (Wildman–Crippen LogP) is 3.75. The summed E-state index contributed by atoms with van der Waals surface area (Å²) in [5.74, 6) is -1.42. The standard InChI is InChI=1S/C23H33NO7/c1-6-7-19(29-13-17-8-9-17)15(3)30-23(27)14(2)12-18(26)21-22(31-16(4)25)20(28-5)10-11-24-21/h10-11,14-15,17,19H,6-9,12-13H2,1-5H3/t14-,15+,19-/m1/s1. The third kappa shape index (κ3) is 7.61. The minimum absolute atomic E-state index is 0.0482. The Labute approximate surface area is 183 Å². The topological polar surface area (TPSA) is 101 Å². The largest absolute Gasteiger partial charge is 0.493 e. The van der Waals surface area contributed by atoms with E-state index in [4.69, 9.17) is 18.9 Å². The lowest BCUT2D eigenvalue weighted by Crippen LogP contribution is -2.33. The second-order valence-electron chi connectivity index (χ2n) is 8.06. The van der Waals surface area contributed by atoms with Gasteiger partial charge in [0, 0.05) is 32.2 Å². The van der Waals surface area contributed by atoms with Gasteiger partial charge in [-0.3, -0.25) is 14.4 Å². The average molecular weight is 436 g/mol. The number of aromatic nitrogens is 1. The van der Waals surface area contributed by atoms with Gasteiger partial charge in [0.05, 0.1) is 19.1 Å². The highest BCUT2D eigenvalue weighted by Crippen LogP contribution is 2.32. The first-order chi connectivity index (χ1) is 14.8. The quantitative estimate of drug-likeness (QED) is 0.341. The van der Waals surface area contributed by atoms with Crippen molar-refractivity contribution in [2.45, 2.75) is 72.0 Å². The minimum atomic E-state index is -0.696. The number of esters is 2. The van der Waals surface area contributed by atoms with E-state index in [2.05, 4.69) is 11.9 Å². The van der Waals surface area contributed by atoms with Crippen LogP contribution in [-0.2, 0) is 19.1 Å². The highest BCUT2D eigenvalue weighted by molar-refractivity contribution is 5.99. The zero-order chi connectivity index (χ0) is 23.0. The molecule has 0 N–H and O–H groups in total. The van der Waals surface area contributed by atoms with Crippen molar-refractivity contribution in [1.29, 1.82) is 0 Å². The number of hydrogen-bond acceptors (Lipinski definition) is 8. The predicted molar refractivity (Wildman–Crippen MR) is 113 cm³/mol. The van der Waals surface area contributed by atoms with Crippen molar-refractivity contribution in [3.05, 3.63) is 18.0 Å². The lowest BCUT2D eigenvalue weighted by atomic mass is 10.0. The van der Waals surface area contributed by atoms with Gasteiger partial charge in [-0.1, -0.05) is 20.3 Å². The zero-order valence-electron chi connectivity index (χ0n) is 19.0. The molecule has 0 aromatic carbocycles. The number of carbonyl (C=O) groups is 3. The molecule has 172 valence electrons. The van der Waals surface area contributed by atoms with Gasteiger partial charge in [0.2, 0.25) is 5.75 Å². The smallest absolute Gasteiger partial charge is 0.309 e. The summed E-state index contributed by atoms with van der Waals surface area (Å²) in [6.07, 6.45) is 4.79. The van der Waals surface area contributed by atoms with Gasteiger partial charge in [-0.05, 0) is 32.1 Å². The molecule has 1 aromatic heterocycles. The molecule has 0 unspecified atom stereocenters. The summed E-state index contributed by atoms with van der Waals surface area (Å²) in [5, 5.41) is 0. The van der Waals surface area contributed by atoms with Crippen LogP contribution >= 0.6 is 0 Å². The van der Waals surface area contributed by atoms with Gasteiger partial charge < -0.3 is 18.9 Å². The van der Waals surface area contributed by atoms with Crippen LogP contribution in [0.15, 0.2) is 12.3 Å². The molecule has 1 heterocycles. The van der Waals surface area contributed by atoms with E-state index in [-0.39, 0.29) is 29.7 Å². The van der Waals surface area contributed by atoms with Gasteiger partial charge in [-0.2, -0.15) is 0 Å². The Morgan fingerprint density at radius 2 is 1.94 bits per heavy atom. The van der Waals surface area contributed by atoms with Crippen molar-refractivity contribution in [3.63, 3.8) is 0 Å². The average Bonchev–Trinajstić information content (AvgIpc) is 3.55. The maximum Gasteiger partial charge on any atom is 0.309 e. The van der Waals surface area contributed by atoms with Crippen molar-refractivity contribution >= 4 is 17.7 Å². The number of ether oxygens (including phenoxy) is 4. The molecule has 8 nitrogen and oxygen atoms in total. The monoisotopic (exact) mass is 435 g/mol. The van der Waals surface area contributed by atoms with Crippen LogP contribution in [0.5, 0.6) is 11.5 Å². The van der Waals surface area contributed by atoms with E-state index in [1.165, 1.54) is 39.1 Å². The van der Waals surface area contributed by atoms with E-state index < -0.39 is 29.7 Å². The van der Waals surface area contributed by atoms with E-state index in [0.717, 1.165) is 12.8 Å². The molecule has 1 aliphatic rings. The summed E-state index contributed by atoms with van der Waals surface area (Å²) in [6, 6.07) is 1.49. The number of pyridine rings is 1. The summed E-state index contributed by atoms with van der Waals surface area (Å²) in [4.78, 5) is 40.9. The highest BCUT2D eigenvalue weighted by Gasteiger charge is 2.29. The Balaban J connectivity index is 1.99. The fraction of sp³-hybridized carbons (Fsp3) is 0.652. The first-order valence-electron chi connectivity index (χ1n) is 10.8. The molecule has 0 spiro atoms. The molecule has 0 bridgehead atoms. The van der Waals surface area contributed by atoms with Crippen LogP contribution in [0.2, 0.25) is 0 Å².